The molecule has 1 aliphatic carbocycles. The summed E-state index contributed by atoms with van der Waals surface area (Å²) in [4.78, 5) is 47.2. The summed E-state index contributed by atoms with van der Waals surface area (Å²) in [5, 5.41) is 34.4. The fourth-order valence-corrected chi connectivity index (χ4v) is 4.82. The summed E-state index contributed by atoms with van der Waals surface area (Å²) in [6.45, 7) is -0.333. The third-order valence-electron chi connectivity index (χ3n) is 5.48. The van der Waals surface area contributed by atoms with Crippen LogP contribution in [0.5, 0.6) is 0 Å². The van der Waals surface area contributed by atoms with Crippen LogP contribution < -0.4 is 22.1 Å². The van der Waals surface area contributed by atoms with Crippen molar-refractivity contribution in [3.63, 3.8) is 0 Å². The van der Waals surface area contributed by atoms with Crippen LogP contribution in [-0.2, 0) is 42.6 Å². The van der Waals surface area contributed by atoms with Crippen molar-refractivity contribution in [2.45, 2.75) is 43.6 Å². The molecule has 2 atom stereocenters. The number of nitrogens with two attached hydrogens (primary N) is 2. The lowest BCUT2D eigenvalue weighted by molar-refractivity contribution is -0.153. The Balaban J connectivity index is 1.55. The topological polar surface area (TPSA) is 294 Å². The zero-order valence-electron chi connectivity index (χ0n) is 19.1. The van der Waals surface area contributed by atoms with Crippen LogP contribution in [0.1, 0.15) is 24.2 Å². The predicted molar refractivity (Wildman–Crippen MR) is 127 cm³/mol. The van der Waals surface area contributed by atoms with E-state index >= 15 is 0 Å². The molecule has 19 nitrogen and oxygen atoms in total. The average Bonchev–Trinajstić information content (AvgIpc) is 3.29. The Labute approximate surface area is 217 Å². The van der Waals surface area contributed by atoms with E-state index in [1.807, 2.05) is 0 Å². The Morgan fingerprint density at radius 3 is 2.66 bits per heavy atom. The molecule has 2 aromatic heterocycles. The van der Waals surface area contributed by atoms with Crippen LogP contribution in [0.3, 0.4) is 0 Å². The van der Waals surface area contributed by atoms with Crippen molar-refractivity contribution in [1.29, 1.82) is 5.41 Å². The molecular formula is C17H21N11O8S2. The molecule has 1 saturated heterocycles. The van der Waals surface area contributed by atoms with Crippen LogP contribution >= 0.6 is 11.3 Å². The van der Waals surface area contributed by atoms with Gasteiger partial charge in [-0.2, -0.15) is 23.4 Å². The van der Waals surface area contributed by atoms with Gasteiger partial charge in [0.25, 0.3) is 11.8 Å². The summed E-state index contributed by atoms with van der Waals surface area (Å²) < 4.78 is 33.3. The van der Waals surface area contributed by atoms with Crippen LogP contribution in [0.4, 0.5) is 5.13 Å². The molecule has 0 spiro atoms. The summed E-state index contributed by atoms with van der Waals surface area (Å²) in [7, 11) is -5.01. The van der Waals surface area contributed by atoms with Crippen LogP contribution in [0.25, 0.3) is 0 Å². The minimum atomic E-state index is -5.01. The van der Waals surface area contributed by atoms with E-state index < -0.39 is 51.5 Å². The predicted octanol–water partition coefficient (Wildman–Crippen LogP) is -3.16. The van der Waals surface area contributed by atoms with E-state index in [1.54, 1.807) is 0 Å². The number of hydrogen-bond donors (Lipinski definition) is 7. The van der Waals surface area contributed by atoms with Crippen LogP contribution in [-0.4, -0.2) is 89.5 Å². The number of hydrogen-bond acceptors (Lipinski definition) is 13. The van der Waals surface area contributed by atoms with Gasteiger partial charge in [0.2, 0.25) is 5.60 Å². The first-order chi connectivity index (χ1) is 17.8. The smallest absolute Gasteiger partial charge is 0.362 e. The Morgan fingerprint density at radius 1 is 1.39 bits per heavy atom. The number of carbonyl (C=O) groups is 3. The molecule has 0 aromatic carbocycles. The molecule has 0 radical (unpaired) electrons. The summed E-state index contributed by atoms with van der Waals surface area (Å²) in [6, 6.07) is -2.83. The summed E-state index contributed by atoms with van der Waals surface area (Å²) in [5.74, 6) is -3.79. The second-order valence-corrected chi connectivity index (χ2v) is 10.4. The minimum Gasteiger partial charge on any atom is -0.478 e. The van der Waals surface area contributed by atoms with Crippen LogP contribution in [0.2, 0.25) is 0 Å². The zero-order chi connectivity index (χ0) is 27.8. The number of nitrogens with zero attached hydrogens (tertiary/aromatic N) is 6. The van der Waals surface area contributed by atoms with Crippen molar-refractivity contribution in [3.05, 3.63) is 23.0 Å². The van der Waals surface area contributed by atoms with E-state index in [0.717, 1.165) is 16.1 Å². The Morgan fingerprint density at radius 2 is 2.11 bits per heavy atom. The van der Waals surface area contributed by atoms with E-state index in [0.29, 0.717) is 5.69 Å². The third-order valence-corrected chi connectivity index (χ3v) is 7.11. The number of carboxylic acids is 1. The van der Waals surface area contributed by atoms with E-state index in [2.05, 4.69) is 31.0 Å². The number of β-lactam (4-membered cyclic amide) rings is 1. The maximum Gasteiger partial charge on any atom is 0.362 e. The number of nitrogens with one attached hydrogen (secondary N) is 3. The highest BCUT2D eigenvalue weighted by atomic mass is 32.2. The number of nitrogen functional groups attached to an aromatic ring is 1. The van der Waals surface area contributed by atoms with Gasteiger partial charge in [0.05, 0.1) is 19.3 Å². The standard InChI is InChI=1S/C17H21N11O8S2/c18-15(19)21-3-7-4-22-27(25-7)5-9-11(13(30)28(9)38(33,34)35)24-12(29)10(8-6-37-16(20)23-8)26-36-17(1-2-17)14(31)32/h4,6,9,11H,1-3,5H2,(H2,20,23)(H,24,29)(H,31,32)(H4,18,19,21)(H,33,34,35)/b26-10-/t9-,11?/m0/s1. The highest BCUT2D eigenvalue weighted by Crippen LogP contribution is 2.40. The van der Waals surface area contributed by atoms with Gasteiger partial charge in [-0.25, -0.2) is 14.1 Å². The van der Waals surface area contributed by atoms with Gasteiger partial charge in [0, 0.05) is 18.2 Å². The molecular weight excluding hydrogens is 550 g/mol. The van der Waals surface area contributed by atoms with Gasteiger partial charge in [-0.3, -0.25) is 19.6 Å². The fraction of sp³-hybridized carbons (Fsp3) is 0.412. The molecule has 9 N–H and O–H groups in total. The molecule has 3 heterocycles. The number of thiazole rings is 1. The maximum atomic E-state index is 13.1. The lowest BCUT2D eigenvalue weighted by Crippen LogP contribution is -2.73. The monoisotopic (exact) mass is 571 g/mol. The fourth-order valence-electron chi connectivity index (χ4n) is 3.40. The van der Waals surface area contributed by atoms with Gasteiger partial charge >= 0.3 is 16.3 Å². The lowest BCUT2D eigenvalue weighted by atomic mass is 9.98. The Hall–Kier alpha value is -4.37. The number of anilines is 1. The van der Waals surface area contributed by atoms with E-state index in [4.69, 9.17) is 21.7 Å². The molecule has 2 aromatic rings. The highest BCUT2D eigenvalue weighted by Gasteiger charge is 2.56. The lowest BCUT2D eigenvalue weighted by Gasteiger charge is -2.43. The Bertz CT molecular complexity index is 1430. The van der Waals surface area contributed by atoms with Crippen molar-refractivity contribution in [2.75, 3.05) is 5.73 Å². The van der Waals surface area contributed by atoms with Gasteiger partial charge < -0.3 is 32.0 Å². The van der Waals surface area contributed by atoms with Crippen molar-refractivity contribution in [3.8, 4) is 0 Å². The average molecular weight is 572 g/mol. The van der Waals surface area contributed by atoms with Gasteiger partial charge in [0.1, 0.15) is 23.5 Å². The molecule has 1 saturated carbocycles. The van der Waals surface area contributed by atoms with Crippen molar-refractivity contribution in [1.82, 2.24) is 34.9 Å². The number of carbonyl (C=O) groups excluding carboxylic acids is 2. The van der Waals surface area contributed by atoms with E-state index in [-0.39, 0.29) is 47.0 Å². The van der Waals surface area contributed by atoms with Gasteiger partial charge in [-0.15, -0.1) is 11.3 Å². The second kappa shape index (κ2) is 9.83. The first-order valence-electron chi connectivity index (χ1n) is 10.6. The second-order valence-electron chi connectivity index (χ2n) is 8.19. The number of oxime groups is 1. The molecule has 21 heteroatoms. The number of amides is 2. The van der Waals surface area contributed by atoms with Gasteiger partial charge in [-0.05, 0) is 0 Å². The maximum absolute atomic E-state index is 13.1. The summed E-state index contributed by atoms with van der Waals surface area (Å²) in [5.41, 5.74) is 9.00. The van der Waals surface area contributed by atoms with Crippen LogP contribution in [0, 0.1) is 5.41 Å². The summed E-state index contributed by atoms with van der Waals surface area (Å²) >= 11 is 0.959. The molecule has 4 rings (SSSR count). The van der Waals surface area contributed by atoms with Gasteiger partial charge in [0.15, 0.2) is 16.8 Å². The number of aliphatic carboxylic acids is 1. The molecule has 38 heavy (non-hydrogen) atoms. The third kappa shape index (κ3) is 5.47. The van der Waals surface area contributed by atoms with Crippen molar-refractivity contribution in [2.24, 2.45) is 10.9 Å². The van der Waals surface area contributed by atoms with E-state index in [1.165, 1.54) is 11.6 Å². The molecule has 1 unspecified atom stereocenters. The molecule has 204 valence electrons. The van der Waals surface area contributed by atoms with Crippen LogP contribution in [0.15, 0.2) is 16.7 Å². The molecule has 2 fully saturated rings. The first-order valence-corrected chi connectivity index (χ1v) is 12.9. The number of guanidine groups is 1. The molecule has 2 aliphatic rings. The van der Waals surface area contributed by atoms with E-state index in [9.17, 15) is 32.5 Å². The SMILES string of the molecule is N=C(N)NCc1cnn(C[C@H]2C(NC(=O)/C(=N\OC3(C(=O)O)CC3)c3csc(N)n3)C(=O)N2S(=O)(=O)O)n1. The quantitative estimate of drug-likeness (QED) is 0.0460. The molecule has 1 aliphatic heterocycles. The summed E-state index contributed by atoms with van der Waals surface area (Å²) in [6.07, 6.45) is 1.62. The first kappa shape index (κ1) is 26.7. The number of rotatable bonds is 11. The van der Waals surface area contributed by atoms with Gasteiger partial charge in [-0.1, -0.05) is 5.16 Å². The zero-order valence-corrected chi connectivity index (χ0v) is 20.8. The number of aromatic nitrogens is 4. The molecule has 2 amide bonds. The largest absolute Gasteiger partial charge is 0.478 e. The minimum absolute atomic E-state index is 0.0372. The highest BCUT2D eigenvalue weighted by molar-refractivity contribution is 7.84. The number of carboxylic acid groups (broad SMARTS) is 1. The Kier molecular flexibility index (Phi) is 6.90. The normalized spacial score (nSPS) is 20.4. The molecule has 0 bridgehead atoms. The van der Waals surface area contributed by atoms with Crippen molar-refractivity contribution >= 4 is 56.2 Å². The van der Waals surface area contributed by atoms with Crippen molar-refractivity contribution < 1.29 is 37.3 Å².